The van der Waals surface area contributed by atoms with Gasteiger partial charge in [-0.2, -0.15) is 0 Å². The van der Waals surface area contributed by atoms with E-state index in [0.29, 0.717) is 30.4 Å². The Hall–Kier alpha value is -3.81. The molecule has 1 aliphatic heterocycles. The molecule has 2 heterocycles. The van der Waals surface area contributed by atoms with E-state index in [1.807, 2.05) is 24.3 Å². The smallest absolute Gasteiger partial charge is 0.338 e. The standard InChI is InChI=1S/C21H20N4O4/c1-2-27-21(26)15-4-6-16(7-5-15)25-20-10-19(23-12-24-20)22-11-14-3-8-17-18(9-14)29-13-28-17/h3-10,12H,2,11,13H2,1H3,(H2,22,23,24,25). The average Bonchev–Trinajstić information content (AvgIpc) is 3.21. The lowest BCUT2D eigenvalue weighted by Gasteiger charge is -2.10. The summed E-state index contributed by atoms with van der Waals surface area (Å²) in [5, 5.41) is 6.46. The zero-order valence-corrected chi connectivity index (χ0v) is 15.8. The highest BCUT2D eigenvalue weighted by atomic mass is 16.7. The Morgan fingerprint density at radius 3 is 2.66 bits per heavy atom. The number of nitrogens with zero attached hydrogens (tertiary/aromatic N) is 2. The molecule has 4 rings (SSSR count). The summed E-state index contributed by atoms with van der Waals surface area (Å²) in [6, 6.07) is 14.6. The molecule has 0 fully saturated rings. The lowest BCUT2D eigenvalue weighted by molar-refractivity contribution is 0.0526. The number of carbonyl (C=O) groups excluding carboxylic acids is 1. The maximum Gasteiger partial charge on any atom is 0.338 e. The first-order valence-electron chi connectivity index (χ1n) is 9.20. The van der Waals surface area contributed by atoms with Crippen molar-refractivity contribution in [3.05, 3.63) is 66.0 Å². The van der Waals surface area contributed by atoms with Gasteiger partial charge in [-0.15, -0.1) is 0 Å². The third-order valence-corrected chi connectivity index (χ3v) is 4.25. The van der Waals surface area contributed by atoms with Crippen LogP contribution < -0.4 is 20.1 Å². The SMILES string of the molecule is CCOC(=O)c1ccc(Nc2cc(NCc3ccc4c(c3)OCO4)ncn2)cc1. The van der Waals surface area contributed by atoms with Gasteiger partial charge in [-0.3, -0.25) is 0 Å². The Labute approximate surface area is 167 Å². The fourth-order valence-corrected chi connectivity index (χ4v) is 2.82. The van der Waals surface area contributed by atoms with Gasteiger partial charge < -0.3 is 24.8 Å². The van der Waals surface area contributed by atoms with Crippen LogP contribution in [0.4, 0.5) is 17.3 Å². The summed E-state index contributed by atoms with van der Waals surface area (Å²) in [5.74, 6) is 2.49. The number of ether oxygens (including phenoxy) is 3. The number of fused-ring (bicyclic) bond motifs is 1. The van der Waals surface area contributed by atoms with Crippen LogP contribution >= 0.6 is 0 Å². The highest BCUT2D eigenvalue weighted by Gasteiger charge is 2.13. The Kier molecular flexibility index (Phi) is 5.42. The van der Waals surface area contributed by atoms with Crippen LogP contribution in [0.3, 0.4) is 0 Å². The van der Waals surface area contributed by atoms with E-state index in [1.165, 1.54) is 6.33 Å². The molecule has 3 aromatic rings. The number of anilines is 3. The van der Waals surface area contributed by atoms with Crippen molar-refractivity contribution in [2.45, 2.75) is 13.5 Å². The minimum absolute atomic E-state index is 0.258. The van der Waals surface area contributed by atoms with Crippen molar-refractivity contribution >= 4 is 23.3 Å². The molecule has 1 aromatic heterocycles. The number of nitrogens with one attached hydrogen (secondary N) is 2. The zero-order valence-electron chi connectivity index (χ0n) is 15.8. The fourth-order valence-electron chi connectivity index (χ4n) is 2.82. The molecule has 0 aliphatic carbocycles. The van der Waals surface area contributed by atoms with Crippen molar-refractivity contribution in [3.8, 4) is 11.5 Å². The van der Waals surface area contributed by atoms with E-state index >= 15 is 0 Å². The normalized spacial score (nSPS) is 11.8. The molecule has 0 saturated heterocycles. The molecule has 0 radical (unpaired) electrons. The van der Waals surface area contributed by atoms with Gasteiger partial charge in [0, 0.05) is 18.3 Å². The summed E-state index contributed by atoms with van der Waals surface area (Å²) < 4.78 is 15.7. The van der Waals surface area contributed by atoms with E-state index in [2.05, 4.69) is 20.6 Å². The molecule has 8 nitrogen and oxygen atoms in total. The second-order valence-corrected chi connectivity index (χ2v) is 6.25. The highest BCUT2D eigenvalue weighted by molar-refractivity contribution is 5.89. The van der Waals surface area contributed by atoms with E-state index < -0.39 is 0 Å². The summed E-state index contributed by atoms with van der Waals surface area (Å²) in [7, 11) is 0. The summed E-state index contributed by atoms with van der Waals surface area (Å²) in [6.07, 6.45) is 1.48. The van der Waals surface area contributed by atoms with Gasteiger partial charge in [0.15, 0.2) is 11.5 Å². The predicted octanol–water partition coefficient (Wildman–Crippen LogP) is 3.74. The Morgan fingerprint density at radius 2 is 1.83 bits per heavy atom. The van der Waals surface area contributed by atoms with Gasteiger partial charge >= 0.3 is 5.97 Å². The van der Waals surface area contributed by atoms with E-state index in [-0.39, 0.29) is 12.8 Å². The van der Waals surface area contributed by atoms with Crippen LogP contribution in [0.15, 0.2) is 54.9 Å². The minimum Gasteiger partial charge on any atom is -0.462 e. The van der Waals surface area contributed by atoms with Crippen LogP contribution in [0.5, 0.6) is 11.5 Å². The summed E-state index contributed by atoms with van der Waals surface area (Å²) in [4.78, 5) is 20.2. The molecule has 0 unspecified atom stereocenters. The van der Waals surface area contributed by atoms with Gasteiger partial charge in [-0.05, 0) is 48.9 Å². The molecular formula is C21H20N4O4. The Balaban J connectivity index is 1.38. The molecule has 2 N–H and O–H groups in total. The number of hydrogen-bond donors (Lipinski definition) is 2. The molecule has 0 saturated carbocycles. The van der Waals surface area contributed by atoms with Crippen LogP contribution in [0.25, 0.3) is 0 Å². The molecule has 0 amide bonds. The van der Waals surface area contributed by atoms with Crippen molar-refractivity contribution < 1.29 is 19.0 Å². The predicted molar refractivity (Wildman–Crippen MR) is 108 cm³/mol. The number of benzene rings is 2. The highest BCUT2D eigenvalue weighted by Crippen LogP contribution is 2.32. The van der Waals surface area contributed by atoms with E-state index in [0.717, 1.165) is 22.7 Å². The first-order chi connectivity index (χ1) is 14.2. The quantitative estimate of drug-likeness (QED) is 0.587. The average molecular weight is 392 g/mol. The maximum atomic E-state index is 11.7. The molecule has 148 valence electrons. The summed E-state index contributed by atoms with van der Waals surface area (Å²) in [6.45, 7) is 2.97. The van der Waals surface area contributed by atoms with Crippen LogP contribution in [0, 0.1) is 0 Å². The molecule has 0 atom stereocenters. The maximum absolute atomic E-state index is 11.7. The summed E-state index contributed by atoms with van der Waals surface area (Å²) in [5.41, 5.74) is 2.36. The number of hydrogen-bond acceptors (Lipinski definition) is 8. The molecule has 8 heteroatoms. The van der Waals surface area contributed by atoms with Crippen molar-refractivity contribution in [3.63, 3.8) is 0 Å². The number of rotatable bonds is 7. The van der Waals surface area contributed by atoms with Crippen LogP contribution in [0.1, 0.15) is 22.8 Å². The van der Waals surface area contributed by atoms with Gasteiger partial charge in [0.05, 0.1) is 12.2 Å². The van der Waals surface area contributed by atoms with Crippen molar-refractivity contribution in [1.82, 2.24) is 9.97 Å². The fraction of sp³-hybridized carbons (Fsp3) is 0.190. The number of carbonyl (C=O) groups is 1. The Bertz CT molecular complexity index is 1010. The van der Waals surface area contributed by atoms with Gasteiger partial charge in [-0.1, -0.05) is 6.07 Å². The van der Waals surface area contributed by atoms with Gasteiger partial charge in [-0.25, -0.2) is 14.8 Å². The Morgan fingerprint density at radius 1 is 1.03 bits per heavy atom. The van der Waals surface area contributed by atoms with Gasteiger partial charge in [0.25, 0.3) is 0 Å². The second kappa shape index (κ2) is 8.47. The van der Waals surface area contributed by atoms with Gasteiger partial charge in [0.2, 0.25) is 6.79 Å². The van der Waals surface area contributed by atoms with Crippen LogP contribution in [-0.2, 0) is 11.3 Å². The second-order valence-electron chi connectivity index (χ2n) is 6.25. The van der Waals surface area contributed by atoms with Crippen LogP contribution in [0.2, 0.25) is 0 Å². The van der Waals surface area contributed by atoms with Gasteiger partial charge in [0.1, 0.15) is 18.0 Å². The van der Waals surface area contributed by atoms with Crippen molar-refractivity contribution in [1.29, 1.82) is 0 Å². The summed E-state index contributed by atoms with van der Waals surface area (Å²) >= 11 is 0. The molecule has 0 spiro atoms. The van der Waals surface area contributed by atoms with Crippen LogP contribution in [-0.4, -0.2) is 29.3 Å². The van der Waals surface area contributed by atoms with Crippen molar-refractivity contribution in [2.75, 3.05) is 24.0 Å². The van der Waals surface area contributed by atoms with Crippen molar-refractivity contribution in [2.24, 2.45) is 0 Å². The first kappa shape index (κ1) is 18.5. The third-order valence-electron chi connectivity index (χ3n) is 4.25. The monoisotopic (exact) mass is 392 g/mol. The first-order valence-corrected chi connectivity index (χ1v) is 9.20. The third kappa shape index (κ3) is 4.55. The van der Waals surface area contributed by atoms with E-state index in [9.17, 15) is 4.79 Å². The molecule has 0 bridgehead atoms. The lowest BCUT2D eigenvalue weighted by atomic mass is 10.2. The molecule has 2 aromatic carbocycles. The van der Waals surface area contributed by atoms with E-state index in [4.69, 9.17) is 14.2 Å². The largest absolute Gasteiger partial charge is 0.462 e. The number of aromatic nitrogens is 2. The topological polar surface area (TPSA) is 94.6 Å². The minimum atomic E-state index is -0.337. The number of esters is 1. The zero-order chi connectivity index (χ0) is 20.1. The molecule has 29 heavy (non-hydrogen) atoms. The molecular weight excluding hydrogens is 372 g/mol. The molecule has 1 aliphatic rings. The lowest BCUT2D eigenvalue weighted by Crippen LogP contribution is -2.05. The van der Waals surface area contributed by atoms with E-state index in [1.54, 1.807) is 31.2 Å².